The van der Waals surface area contributed by atoms with E-state index in [1.807, 2.05) is 36.9 Å². The van der Waals surface area contributed by atoms with E-state index < -0.39 is 0 Å². The fourth-order valence-electron chi connectivity index (χ4n) is 1.40. The first kappa shape index (κ1) is 8.56. The molecule has 0 spiro atoms. The van der Waals surface area contributed by atoms with Crippen LogP contribution >= 0.6 is 15.9 Å². The molecule has 1 heterocycles. The number of halogens is 1. The van der Waals surface area contributed by atoms with Gasteiger partial charge in [0.2, 0.25) is 5.95 Å². The van der Waals surface area contributed by atoms with Crippen molar-refractivity contribution in [2.45, 2.75) is 0 Å². The molecule has 0 amide bonds. The average Bonchev–Trinajstić information content (AvgIpc) is 2.42. The first-order valence-electron chi connectivity index (χ1n) is 4.02. The predicted molar refractivity (Wildman–Crippen MR) is 58.0 cm³/mol. The van der Waals surface area contributed by atoms with Crippen LogP contribution in [0, 0.1) is 0 Å². The lowest BCUT2D eigenvalue weighted by Crippen LogP contribution is -1.97. The van der Waals surface area contributed by atoms with Crippen molar-refractivity contribution in [1.82, 2.24) is 9.55 Å². The summed E-state index contributed by atoms with van der Waals surface area (Å²) in [5, 5.41) is 3.04. The number of benzene rings is 1. The normalized spacial score (nSPS) is 10.7. The van der Waals surface area contributed by atoms with Crippen molar-refractivity contribution in [1.29, 1.82) is 0 Å². The van der Waals surface area contributed by atoms with Crippen LogP contribution in [0.1, 0.15) is 0 Å². The van der Waals surface area contributed by atoms with Crippen LogP contribution in [-0.2, 0) is 7.05 Å². The fraction of sp³-hybridized carbons (Fsp3) is 0.222. The maximum absolute atomic E-state index is 4.41. The predicted octanol–water partition coefficient (Wildman–Crippen LogP) is 2.38. The van der Waals surface area contributed by atoms with Crippen molar-refractivity contribution in [2.24, 2.45) is 7.05 Å². The first-order chi connectivity index (χ1) is 6.22. The Labute approximate surface area is 84.9 Å². The number of aryl methyl sites for hydroxylation is 1. The molecule has 2 rings (SSSR count). The van der Waals surface area contributed by atoms with E-state index in [-0.39, 0.29) is 0 Å². The zero-order chi connectivity index (χ0) is 9.42. The Bertz CT molecular complexity index is 447. The Balaban J connectivity index is 2.76. The van der Waals surface area contributed by atoms with Gasteiger partial charge >= 0.3 is 0 Å². The maximum Gasteiger partial charge on any atom is 0.203 e. The molecule has 1 N–H and O–H groups in total. The van der Waals surface area contributed by atoms with E-state index in [9.17, 15) is 0 Å². The van der Waals surface area contributed by atoms with Crippen LogP contribution in [0.15, 0.2) is 22.7 Å². The minimum atomic E-state index is 0.883. The van der Waals surface area contributed by atoms with Gasteiger partial charge in [-0.25, -0.2) is 4.98 Å². The topological polar surface area (TPSA) is 29.9 Å². The molecule has 4 heteroatoms. The highest BCUT2D eigenvalue weighted by Crippen LogP contribution is 2.21. The second-order valence-electron chi connectivity index (χ2n) is 2.88. The van der Waals surface area contributed by atoms with E-state index in [2.05, 4.69) is 26.2 Å². The highest BCUT2D eigenvalue weighted by Gasteiger charge is 2.05. The van der Waals surface area contributed by atoms with Gasteiger partial charge in [0.05, 0.1) is 11.0 Å². The Kier molecular flexibility index (Phi) is 2.00. The molecule has 0 bridgehead atoms. The molecule has 0 unspecified atom stereocenters. The summed E-state index contributed by atoms with van der Waals surface area (Å²) in [5.41, 5.74) is 2.13. The summed E-state index contributed by atoms with van der Waals surface area (Å²) in [6, 6.07) is 6.08. The van der Waals surface area contributed by atoms with Crippen molar-refractivity contribution in [3.63, 3.8) is 0 Å². The van der Waals surface area contributed by atoms with E-state index in [0.29, 0.717) is 0 Å². The van der Waals surface area contributed by atoms with Crippen LogP contribution in [0.5, 0.6) is 0 Å². The molecule has 0 fully saturated rings. The molecule has 0 saturated heterocycles. The summed E-state index contributed by atoms with van der Waals surface area (Å²) in [6.07, 6.45) is 0. The van der Waals surface area contributed by atoms with Gasteiger partial charge in [-0.15, -0.1) is 0 Å². The summed E-state index contributed by atoms with van der Waals surface area (Å²) in [6.45, 7) is 0. The quantitative estimate of drug-likeness (QED) is 0.829. The molecule has 0 radical (unpaired) electrons. The Morgan fingerprint density at radius 1 is 1.46 bits per heavy atom. The molecule has 0 aliphatic carbocycles. The number of rotatable bonds is 1. The summed E-state index contributed by atoms with van der Waals surface area (Å²) in [7, 11) is 3.87. The summed E-state index contributed by atoms with van der Waals surface area (Å²) < 4.78 is 3.09. The smallest absolute Gasteiger partial charge is 0.203 e. The lowest BCUT2D eigenvalue weighted by Gasteiger charge is -1.98. The van der Waals surface area contributed by atoms with Gasteiger partial charge in [0.25, 0.3) is 0 Å². The SMILES string of the molecule is CNc1nc2cc(Br)ccc2n1C. The standard InChI is InChI=1S/C9H10BrN3/c1-11-9-12-7-5-6(10)3-4-8(7)13(9)2/h3-5H,1-2H3,(H,11,12). The van der Waals surface area contributed by atoms with Crippen LogP contribution in [0.25, 0.3) is 11.0 Å². The molecule has 0 atom stereocenters. The maximum atomic E-state index is 4.41. The second kappa shape index (κ2) is 3.03. The minimum Gasteiger partial charge on any atom is -0.359 e. The van der Waals surface area contributed by atoms with Crippen molar-refractivity contribution in [2.75, 3.05) is 12.4 Å². The molecule has 0 aliphatic heterocycles. The van der Waals surface area contributed by atoms with Gasteiger partial charge in [0.15, 0.2) is 0 Å². The minimum absolute atomic E-state index is 0.883. The average molecular weight is 240 g/mol. The van der Waals surface area contributed by atoms with E-state index in [4.69, 9.17) is 0 Å². The van der Waals surface area contributed by atoms with Crippen LogP contribution in [0.3, 0.4) is 0 Å². The van der Waals surface area contributed by atoms with Crippen molar-refractivity contribution in [3.05, 3.63) is 22.7 Å². The number of hydrogen-bond acceptors (Lipinski definition) is 2. The van der Waals surface area contributed by atoms with Gasteiger partial charge in [-0.3, -0.25) is 0 Å². The molecule has 1 aromatic heterocycles. The third-order valence-corrected chi connectivity index (χ3v) is 2.56. The van der Waals surface area contributed by atoms with Crippen molar-refractivity contribution >= 4 is 32.9 Å². The molecule has 68 valence electrons. The summed E-state index contributed by atoms with van der Waals surface area (Å²) >= 11 is 3.42. The zero-order valence-corrected chi connectivity index (χ0v) is 9.09. The van der Waals surface area contributed by atoms with E-state index in [1.165, 1.54) is 0 Å². The largest absolute Gasteiger partial charge is 0.359 e. The molecule has 3 nitrogen and oxygen atoms in total. The zero-order valence-electron chi connectivity index (χ0n) is 7.50. The van der Waals surface area contributed by atoms with Crippen LogP contribution < -0.4 is 5.32 Å². The molecular formula is C9H10BrN3. The summed E-state index contributed by atoms with van der Waals surface area (Å²) in [4.78, 5) is 4.41. The number of imidazole rings is 1. The Morgan fingerprint density at radius 2 is 2.23 bits per heavy atom. The number of nitrogens with one attached hydrogen (secondary N) is 1. The highest BCUT2D eigenvalue weighted by atomic mass is 79.9. The molecule has 13 heavy (non-hydrogen) atoms. The number of hydrogen-bond donors (Lipinski definition) is 1. The third kappa shape index (κ3) is 1.31. The molecule has 0 saturated carbocycles. The molecular weight excluding hydrogens is 230 g/mol. The van der Waals surface area contributed by atoms with Gasteiger partial charge < -0.3 is 9.88 Å². The summed E-state index contributed by atoms with van der Waals surface area (Å²) in [5.74, 6) is 0.883. The monoisotopic (exact) mass is 239 g/mol. The molecule has 1 aromatic carbocycles. The number of aromatic nitrogens is 2. The lowest BCUT2D eigenvalue weighted by molar-refractivity contribution is 0.952. The number of nitrogens with zero attached hydrogens (tertiary/aromatic N) is 2. The Morgan fingerprint density at radius 3 is 2.92 bits per heavy atom. The van der Waals surface area contributed by atoms with Gasteiger partial charge in [-0.2, -0.15) is 0 Å². The van der Waals surface area contributed by atoms with Gasteiger partial charge in [0.1, 0.15) is 0 Å². The number of fused-ring (bicyclic) bond motifs is 1. The number of anilines is 1. The van der Waals surface area contributed by atoms with Gasteiger partial charge in [-0.05, 0) is 18.2 Å². The van der Waals surface area contributed by atoms with Crippen molar-refractivity contribution < 1.29 is 0 Å². The highest BCUT2D eigenvalue weighted by molar-refractivity contribution is 9.10. The molecule has 0 aliphatic rings. The van der Waals surface area contributed by atoms with E-state index in [0.717, 1.165) is 21.5 Å². The lowest BCUT2D eigenvalue weighted by atomic mass is 10.3. The Hall–Kier alpha value is -1.03. The van der Waals surface area contributed by atoms with Crippen molar-refractivity contribution in [3.8, 4) is 0 Å². The third-order valence-electron chi connectivity index (χ3n) is 2.07. The van der Waals surface area contributed by atoms with Crippen LogP contribution in [0.4, 0.5) is 5.95 Å². The second-order valence-corrected chi connectivity index (χ2v) is 3.79. The van der Waals surface area contributed by atoms with Crippen LogP contribution in [-0.4, -0.2) is 16.6 Å². The van der Waals surface area contributed by atoms with E-state index >= 15 is 0 Å². The van der Waals surface area contributed by atoms with Gasteiger partial charge in [-0.1, -0.05) is 15.9 Å². The van der Waals surface area contributed by atoms with Crippen LogP contribution in [0.2, 0.25) is 0 Å². The van der Waals surface area contributed by atoms with Gasteiger partial charge in [0, 0.05) is 18.6 Å². The first-order valence-corrected chi connectivity index (χ1v) is 4.81. The van der Waals surface area contributed by atoms with E-state index in [1.54, 1.807) is 0 Å². The molecule has 2 aromatic rings. The fourth-order valence-corrected chi connectivity index (χ4v) is 1.75.